The van der Waals surface area contributed by atoms with Crippen molar-refractivity contribution in [3.05, 3.63) is 59.7 Å². The van der Waals surface area contributed by atoms with Crippen LogP contribution in [0.15, 0.2) is 42.7 Å². The molecule has 60 heavy (non-hydrogen) atoms. The summed E-state index contributed by atoms with van der Waals surface area (Å²) in [6.07, 6.45) is 9.87. The molecule has 0 spiro atoms. The number of anilines is 2. The summed E-state index contributed by atoms with van der Waals surface area (Å²) in [5.74, 6) is 1.58. The number of H-pyrrole nitrogens is 1. The summed E-state index contributed by atoms with van der Waals surface area (Å²) in [7, 11) is 0. The lowest BCUT2D eigenvalue weighted by molar-refractivity contribution is -0.136. The zero-order chi connectivity index (χ0) is 40.7. The van der Waals surface area contributed by atoms with Gasteiger partial charge in [0, 0.05) is 93.4 Å². The van der Waals surface area contributed by atoms with Crippen LogP contribution >= 0.6 is 0 Å². The summed E-state index contributed by atoms with van der Waals surface area (Å²) in [5.41, 5.74) is 3.81. The second-order valence-electron chi connectivity index (χ2n) is 18.7. The van der Waals surface area contributed by atoms with Gasteiger partial charge in [0.15, 0.2) is 5.82 Å². The predicted octanol–water partition coefficient (Wildman–Crippen LogP) is 4.74. The SMILES string of the molecule is CC1(Oc2ccc3n[nH]c(-c4cc(N5CCC(CN6C[C@H]7C[C@@H]6CN7CC6CCN(c7ccc8c(c7F)CN(C7CCC(=O)NC7=O)C8=O)CC6)CC5)ncn4)c3c2)CC1. The Hall–Kier alpha value is -5.15. The van der Waals surface area contributed by atoms with Gasteiger partial charge in [-0.25, -0.2) is 14.4 Å². The van der Waals surface area contributed by atoms with Crippen molar-refractivity contribution < 1.29 is 23.5 Å². The number of aromatic amines is 1. The molecule has 2 N–H and O–H groups in total. The first-order valence-electron chi connectivity index (χ1n) is 22.1. The lowest BCUT2D eigenvalue weighted by Gasteiger charge is -2.41. The van der Waals surface area contributed by atoms with Crippen molar-refractivity contribution in [2.24, 2.45) is 11.8 Å². The number of piperidine rings is 3. The van der Waals surface area contributed by atoms with Gasteiger partial charge in [0.25, 0.3) is 5.91 Å². The van der Waals surface area contributed by atoms with E-state index in [-0.39, 0.29) is 42.6 Å². The first-order chi connectivity index (χ1) is 29.1. The van der Waals surface area contributed by atoms with Gasteiger partial charge in [-0.15, -0.1) is 0 Å². The lowest BCUT2D eigenvalue weighted by Crippen LogP contribution is -2.52. The van der Waals surface area contributed by atoms with E-state index in [1.165, 1.54) is 17.9 Å². The molecule has 1 aliphatic carbocycles. The molecule has 15 heteroatoms. The molecular weight excluding hydrogens is 764 g/mol. The number of carbonyl (C=O) groups is 3. The molecule has 4 aromatic rings. The van der Waals surface area contributed by atoms with Crippen LogP contribution in [0.3, 0.4) is 0 Å². The molecule has 2 aromatic carbocycles. The number of amides is 3. The average molecular weight is 817 g/mol. The van der Waals surface area contributed by atoms with E-state index in [0.29, 0.717) is 40.7 Å². The molecule has 3 amide bonds. The fourth-order valence-corrected chi connectivity index (χ4v) is 10.9. The molecule has 8 heterocycles. The number of nitrogens with zero attached hydrogens (tertiary/aromatic N) is 8. The van der Waals surface area contributed by atoms with Crippen LogP contribution in [-0.2, 0) is 16.1 Å². The number of halogens is 1. The van der Waals surface area contributed by atoms with E-state index >= 15 is 4.39 Å². The number of carbonyl (C=O) groups excluding carboxylic acids is 3. The van der Waals surface area contributed by atoms with Crippen molar-refractivity contribution >= 4 is 40.1 Å². The third kappa shape index (κ3) is 6.96. The maximum absolute atomic E-state index is 16.0. The van der Waals surface area contributed by atoms with Crippen molar-refractivity contribution in [3.8, 4) is 17.1 Å². The molecule has 14 nitrogen and oxygen atoms in total. The summed E-state index contributed by atoms with van der Waals surface area (Å²) in [5, 5.41) is 11.1. The number of hydrogen-bond acceptors (Lipinski definition) is 11. The Morgan fingerprint density at radius 3 is 2.27 bits per heavy atom. The largest absolute Gasteiger partial charge is 0.488 e. The third-order valence-corrected chi connectivity index (χ3v) is 14.7. The number of benzene rings is 2. The van der Waals surface area contributed by atoms with Crippen LogP contribution in [0.1, 0.15) is 80.6 Å². The summed E-state index contributed by atoms with van der Waals surface area (Å²) >= 11 is 0. The van der Waals surface area contributed by atoms with Gasteiger partial charge < -0.3 is 19.4 Å². The number of rotatable bonds is 10. The Morgan fingerprint density at radius 1 is 0.867 bits per heavy atom. The van der Waals surface area contributed by atoms with Crippen molar-refractivity contribution in [2.45, 2.75) is 95.0 Å². The maximum Gasteiger partial charge on any atom is 0.255 e. The fraction of sp³-hybridized carbons (Fsp3) is 0.556. The second kappa shape index (κ2) is 14.8. The van der Waals surface area contributed by atoms with E-state index in [1.807, 2.05) is 12.1 Å². The topological polar surface area (TPSA) is 143 Å². The molecule has 11 rings (SSSR count). The number of piperazine rings is 1. The monoisotopic (exact) mass is 816 g/mol. The van der Waals surface area contributed by atoms with Crippen LogP contribution in [0, 0.1) is 17.7 Å². The minimum absolute atomic E-state index is 0.0435. The van der Waals surface area contributed by atoms with Crippen molar-refractivity contribution in [1.29, 1.82) is 0 Å². The van der Waals surface area contributed by atoms with Gasteiger partial charge in [0.2, 0.25) is 11.8 Å². The number of imide groups is 1. The van der Waals surface area contributed by atoms with Crippen molar-refractivity contribution in [2.75, 3.05) is 62.2 Å². The highest BCUT2D eigenvalue weighted by molar-refractivity contribution is 6.05. The van der Waals surface area contributed by atoms with E-state index in [9.17, 15) is 14.4 Å². The minimum Gasteiger partial charge on any atom is -0.488 e. The van der Waals surface area contributed by atoms with Gasteiger partial charge in [-0.1, -0.05) is 0 Å². The van der Waals surface area contributed by atoms with Gasteiger partial charge >= 0.3 is 0 Å². The molecule has 1 saturated carbocycles. The number of ether oxygens (including phenoxy) is 1. The third-order valence-electron chi connectivity index (χ3n) is 14.7. The average Bonchev–Trinajstić information content (AvgIpc) is 3.62. The zero-order valence-electron chi connectivity index (χ0n) is 34.2. The molecule has 7 aliphatic rings. The first-order valence-corrected chi connectivity index (χ1v) is 22.1. The highest BCUT2D eigenvalue weighted by atomic mass is 19.1. The van der Waals surface area contributed by atoms with Crippen LogP contribution in [0.4, 0.5) is 15.9 Å². The van der Waals surface area contributed by atoms with E-state index in [0.717, 1.165) is 118 Å². The standard InChI is InChI=1S/C45H53FN10O4/c1-45(12-13-45)60-31-2-4-35-33(19-31)42(51-50-35)36-20-39(48-26-47-36)53-16-10-28(11-17-53)22-55-24-29-18-30(55)23-54(29)21-27-8-14-52(15-9-27)37-5-3-32-34(41(37)46)25-56(44(32)59)38-6-7-40(57)49-43(38)58/h2-5,19-20,26-30,38H,6-18,21-25H2,1H3,(H,50,51)(H,49,57,58)/t29-,30-,38?/m1/s1. The first kappa shape index (κ1) is 37.8. The van der Waals surface area contributed by atoms with Crippen LogP contribution in [0.2, 0.25) is 0 Å². The van der Waals surface area contributed by atoms with Crippen LogP contribution in [0.5, 0.6) is 5.75 Å². The van der Waals surface area contributed by atoms with Gasteiger partial charge in [0.05, 0.1) is 29.1 Å². The van der Waals surface area contributed by atoms with Crippen LogP contribution in [-0.4, -0.2) is 129 Å². The summed E-state index contributed by atoms with van der Waals surface area (Å²) in [4.78, 5) is 58.1. The van der Waals surface area contributed by atoms with Crippen LogP contribution in [0.25, 0.3) is 22.3 Å². The molecule has 0 radical (unpaired) electrons. The summed E-state index contributed by atoms with van der Waals surface area (Å²) in [6.45, 7) is 10.3. The molecular formula is C45H53FN10O4. The lowest BCUT2D eigenvalue weighted by atomic mass is 9.94. The minimum atomic E-state index is -0.750. The molecule has 6 fully saturated rings. The Balaban J connectivity index is 0.644. The number of nitrogens with one attached hydrogen (secondary N) is 2. The highest BCUT2D eigenvalue weighted by Gasteiger charge is 2.45. The Kier molecular flexibility index (Phi) is 9.32. The number of hydrogen-bond donors (Lipinski definition) is 2. The maximum atomic E-state index is 16.0. The highest BCUT2D eigenvalue weighted by Crippen LogP contribution is 2.41. The van der Waals surface area contributed by atoms with Gasteiger partial charge in [-0.3, -0.25) is 34.6 Å². The van der Waals surface area contributed by atoms with Crippen molar-refractivity contribution in [3.63, 3.8) is 0 Å². The van der Waals surface area contributed by atoms with E-state index in [4.69, 9.17) is 9.72 Å². The van der Waals surface area contributed by atoms with Gasteiger partial charge in [-0.05, 0) is 100 Å². The number of likely N-dealkylation sites (tertiary alicyclic amines) is 2. The molecule has 6 aliphatic heterocycles. The summed E-state index contributed by atoms with van der Waals surface area (Å²) in [6, 6.07) is 12.1. The normalized spacial score (nSPS) is 26.1. The molecule has 314 valence electrons. The molecule has 5 saturated heterocycles. The van der Waals surface area contributed by atoms with E-state index in [1.54, 1.807) is 18.5 Å². The second-order valence-corrected chi connectivity index (χ2v) is 18.7. The number of aromatic nitrogens is 4. The smallest absolute Gasteiger partial charge is 0.255 e. The molecule has 2 aromatic heterocycles. The quantitative estimate of drug-likeness (QED) is 0.215. The fourth-order valence-electron chi connectivity index (χ4n) is 10.9. The Labute approximate surface area is 348 Å². The van der Waals surface area contributed by atoms with Crippen molar-refractivity contribution in [1.82, 2.24) is 40.2 Å². The Morgan fingerprint density at radius 2 is 1.58 bits per heavy atom. The zero-order valence-corrected chi connectivity index (χ0v) is 34.2. The molecule has 1 unspecified atom stereocenters. The Bertz CT molecular complexity index is 2350. The molecule has 2 bridgehead atoms. The predicted molar refractivity (Wildman–Crippen MR) is 223 cm³/mol. The van der Waals surface area contributed by atoms with Gasteiger partial charge in [-0.2, -0.15) is 5.10 Å². The van der Waals surface area contributed by atoms with E-state index < -0.39 is 11.9 Å². The van der Waals surface area contributed by atoms with E-state index in [2.05, 4.69) is 59.2 Å². The van der Waals surface area contributed by atoms with Crippen LogP contribution < -0.4 is 19.9 Å². The van der Waals surface area contributed by atoms with Gasteiger partial charge in [0.1, 0.15) is 29.5 Å². The summed E-state index contributed by atoms with van der Waals surface area (Å²) < 4.78 is 22.2. The molecule has 3 atom stereocenters. The number of fused-ring (bicyclic) bond motifs is 4.